The van der Waals surface area contributed by atoms with E-state index in [1.807, 2.05) is 0 Å². The van der Waals surface area contributed by atoms with E-state index in [2.05, 4.69) is 34.6 Å². The number of esters is 1. The summed E-state index contributed by atoms with van der Waals surface area (Å²) < 4.78 is 5.58. The number of hydrogen-bond acceptors (Lipinski definition) is 3. The van der Waals surface area contributed by atoms with Gasteiger partial charge in [0.15, 0.2) is 0 Å². The highest BCUT2D eigenvalue weighted by atomic mass is 16.5. The van der Waals surface area contributed by atoms with Crippen molar-refractivity contribution in [2.45, 2.75) is 124 Å². The predicted molar refractivity (Wildman–Crippen MR) is 130 cm³/mol. The summed E-state index contributed by atoms with van der Waals surface area (Å²) in [4.78, 5) is 11.5. The molecule has 3 heteroatoms. The number of aliphatic hydroxyl groups excluding tert-OH is 1. The van der Waals surface area contributed by atoms with Crippen LogP contribution in [0.3, 0.4) is 0 Å². The van der Waals surface area contributed by atoms with Crippen molar-refractivity contribution < 1.29 is 14.6 Å². The molecular weight excluding hydrogens is 396 g/mol. The van der Waals surface area contributed by atoms with Crippen LogP contribution in [-0.4, -0.2) is 23.3 Å². The molecule has 8 atom stereocenters. The molecule has 2 saturated carbocycles. The van der Waals surface area contributed by atoms with Crippen molar-refractivity contribution >= 4 is 5.97 Å². The van der Waals surface area contributed by atoms with Crippen molar-refractivity contribution in [1.29, 1.82) is 0 Å². The summed E-state index contributed by atoms with van der Waals surface area (Å²) in [6.07, 6.45) is 12.7. The maximum Gasteiger partial charge on any atom is 0.302 e. The molecule has 0 unspecified atom stereocenters. The molecule has 4 aliphatic rings. The molecule has 182 valence electrons. The first-order valence-corrected chi connectivity index (χ1v) is 13.6. The van der Waals surface area contributed by atoms with Gasteiger partial charge in [-0.1, -0.05) is 65.0 Å². The van der Waals surface area contributed by atoms with E-state index in [0.29, 0.717) is 11.3 Å². The molecule has 0 aliphatic heterocycles. The normalized spacial score (nSPS) is 42.3. The van der Waals surface area contributed by atoms with E-state index in [9.17, 15) is 9.90 Å². The van der Waals surface area contributed by atoms with Gasteiger partial charge in [0.1, 0.15) is 6.10 Å². The Bertz CT molecular complexity index is 739. The van der Waals surface area contributed by atoms with Crippen LogP contribution in [0.4, 0.5) is 0 Å². The van der Waals surface area contributed by atoms with Gasteiger partial charge in [0.2, 0.25) is 0 Å². The fraction of sp³-hybridized carbons (Fsp3) is 0.897. The highest BCUT2D eigenvalue weighted by molar-refractivity contribution is 5.66. The number of allylic oxidation sites excluding steroid dienone is 1. The van der Waals surface area contributed by atoms with Crippen LogP contribution in [0.1, 0.15) is 112 Å². The zero-order chi connectivity index (χ0) is 23.3. The Kier molecular flexibility index (Phi) is 6.90. The van der Waals surface area contributed by atoms with Gasteiger partial charge in [-0.15, -0.1) is 0 Å². The van der Waals surface area contributed by atoms with Gasteiger partial charge < -0.3 is 9.84 Å². The molecule has 0 radical (unpaired) electrons. The molecule has 0 aromatic rings. The minimum absolute atomic E-state index is 0.0150. The average molecular weight is 445 g/mol. The highest BCUT2D eigenvalue weighted by Gasteiger charge is 2.57. The topological polar surface area (TPSA) is 46.5 Å². The molecule has 2 fully saturated rings. The number of fused-ring (bicyclic) bond motifs is 4. The lowest BCUT2D eigenvalue weighted by Crippen LogP contribution is -2.51. The first-order valence-electron chi connectivity index (χ1n) is 13.6. The summed E-state index contributed by atoms with van der Waals surface area (Å²) in [6, 6.07) is 0. The van der Waals surface area contributed by atoms with E-state index in [4.69, 9.17) is 4.74 Å². The van der Waals surface area contributed by atoms with Crippen LogP contribution in [0.25, 0.3) is 0 Å². The molecule has 0 amide bonds. The number of aliphatic hydroxyl groups is 1. The molecule has 0 aromatic carbocycles. The molecule has 4 rings (SSSR count). The smallest absolute Gasteiger partial charge is 0.302 e. The summed E-state index contributed by atoms with van der Waals surface area (Å²) in [5.74, 6) is 3.16. The molecule has 0 heterocycles. The van der Waals surface area contributed by atoms with E-state index in [-0.39, 0.29) is 29.5 Å². The van der Waals surface area contributed by atoms with Crippen LogP contribution in [0.15, 0.2) is 11.1 Å². The van der Waals surface area contributed by atoms with Gasteiger partial charge in [-0.25, -0.2) is 0 Å². The highest BCUT2D eigenvalue weighted by Crippen LogP contribution is 2.66. The first kappa shape index (κ1) is 24.3. The Hall–Kier alpha value is -0.830. The Morgan fingerprint density at radius 2 is 1.88 bits per heavy atom. The maximum absolute atomic E-state index is 11.5. The zero-order valence-corrected chi connectivity index (χ0v) is 21.6. The van der Waals surface area contributed by atoms with Gasteiger partial charge in [-0.05, 0) is 91.8 Å². The molecule has 0 saturated heterocycles. The second-order valence-corrected chi connectivity index (χ2v) is 12.8. The van der Waals surface area contributed by atoms with Gasteiger partial charge in [-0.3, -0.25) is 4.79 Å². The van der Waals surface area contributed by atoms with E-state index in [1.165, 1.54) is 51.9 Å². The van der Waals surface area contributed by atoms with Crippen LogP contribution >= 0.6 is 0 Å². The van der Waals surface area contributed by atoms with Crippen molar-refractivity contribution in [3.05, 3.63) is 11.1 Å². The van der Waals surface area contributed by atoms with Crippen molar-refractivity contribution in [1.82, 2.24) is 0 Å². The third-order valence-electron chi connectivity index (χ3n) is 10.5. The summed E-state index contributed by atoms with van der Waals surface area (Å²) in [7, 11) is 0. The SMILES string of the molecule is CC(=O)O[C@@H]1CC[C@]2(C)C3=C(C[C@H](O)[C@H]2C1)[C@@H]1CC[C@H]([C@H](C)CCCC(C)C)[C@@]1(C)CC3. The van der Waals surface area contributed by atoms with E-state index in [1.54, 1.807) is 11.1 Å². The zero-order valence-electron chi connectivity index (χ0n) is 21.6. The maximum atomic E-state index is 11.5. The summed E-state index contributed by atoms with van der Waals surface area (Å²) in [6.45, 7) is 13.7. The molecule has 0 aromatic heterocycles. The Morgan fingerprint density at radius 3 is 2.56 bits per heavy atom. The van der Waals surface area contributed by atoms with Crippen molar-refractivity contribution in [3.8, 4) is 0 Å². The van der Waals surface area contributed by atoms with Crippen molar-refractivity contribution in [3.63, 3.8) is 0 Å². The Morgan fingerprint density at radius 1 is 1.12 bits per heavy atom. The van der Waals surface area contributed by atoms with Crippen LogP contribution in [0.2, 0.25) is 0 Å². The number of rotatable bonds is 6. The quantitative estimate of drug-likeness (QED) is 0.352. The third kappa shape index (κ3) is 4.21. The lowest BCUT2D eigenvalue weighted by atomic mass is 9.50. The number of hydrogen-bond donors (Lipinski definition) is 1. The van der Waals surface area contributed by atoms with Crippen molar-refractivity contribution in [2.24, 2.45) is 40.4 Å². The van der Waals surface area contributed by atoms with Gasteiger partial charge >= 0.3 is 5.97 Å². The molecule has 1 N–H and O–H groups in total. The van der Waals surface area contributed by atoms with Crippen LogP contribution in [-0.2, 0) is 9.53 Å². The Labute approximate surface area is 196 Å². The largest absolute Gasteiger partial charge is 0.463 e. The monoisotopic (exact) mass is 444 g/mol. The van der Waals surface area contributed by atoms with Crippen molar-refractivity contribution in [2.75, 3.05) is 0 Å². The second-order valence-electron chi connectivity index (χ2n) is 12.8. The molecule has 3 nitrogen and oxygen atoms in total. The fourth-order valence-electron chi connectivity index (χ4n) is 8.84. The summed E-state index contributed by atoms with van der Waals surface area (Å²) in [5.41, 5.74) is 3.84. The third-order valence-corrected chi connectivity index (χ3v) is 10.5. The fourth-order valence-corrected chi connectivity index (χ4v) is 8.84. The van der Waals surface area contributed by atoms with Crippen LogP contribution < -0.4 is 0 Å². The molecule has 0 bridgehead atoms. The van der Waals surface area contributed by atoms with Gasteiger partial charge in [0, 0.05) is 6.92 Å². The van der Waals surface area contributed by atoms with E-state index < -0.39 is 0 Å². The standard InChI is InChI=1S/C29H48O3/c1-18(2)8-7-9-19(3)23-10-11-24-22-17-27(31)26-16-21(32-20(4)30)12-14-29(26,6)25(22)13-15-28(23,24)5/h18-19,21,23-24,26-27,31H,7-17H2,1-6H3/t19-,21-,23-,24+,26-,27+,28-,29-/m1/s1. The Balaban J connectivity index is 1.53. The van der Waals surface area contributed by atoms with Gasteiger partial charge in [0.25, 0.3) is 0 Å². The van der Waals surface area contributed by atoms with E-state index in [0.717, 1.165) is 43.4 Å². The molecule has 0 spiro atoms. The lowest BCUT2D eigenvalue weighted by molar-refractivity contribution is -0.152. The summed E-state index contributed by atoms with van der Waals surface area (Å²) in [5, 5.41) is 11.3. The minimum Gasteiger partial charge on any atom is -0.463 e. The second kappa shape index (κ2) is 9.08. The van der Waals surface area contributed by atoms with Crippen LogP contribution in [0.5, 0.6) is 0 Å². The molecule has 32 heavy (non-hydrogen) atoms. The van der Waals surface area contributed by atoms with Crippen LogP contribution in [0, 0.1) is 40.4 Å². The van der Waals surface area contributed by atoms with Gasteiger partial charge in [-0.2, -0.15) is 0 Å². The van der Waals surface area contributed by atoms with E-state index >= 15 is 0 Å². The number of carbonyl (C=O) groups excluding carboxylic acids is 1. The first-order chi connectivity index (χ1) is 15.1. The lowest BCUT2D eigenvalue weighted by Gasteiger charge is -2.56. The minimum atomic E-state index is -0.290. The predicted octanol–water partition coefficient (Wildman–Crippen LogP) is 7.07. The number of ether oxygens (including phenoxy) is 1. The number of carbonyl (C=O) groups is 1. The average Bonchev–Trinajstić information content (AvgIpc) is 3.06. The molecular formula is C29H48O3. The summed E-state index contributed by atoms with van der Waals surface area (Å²) >= 11 is 0. The van der Waals surface area contributed by atoms with Gasteiger partial charge in [0.05, 0.1) is 6.10 Å². The molecule has 4 aliphatic carbocycles.